The molecule has 3 heterocycles. The Kier molecular flexibility index (Phi) is 5.29. The number of aromatic nitrogens is 3. The summed E-state index contributed by atoms with van der Waals surface area (Å²) in [6.45, 7) is 5.09. The standard InChI is InChI=1S/C20H21N5O3/c1-14-11-19(25-7-9-27-10-8-25)23-18(22-14)13-21-20(26)16-12-17(28-24-16)15-5-3-2-4-6-15/h2-6,11-12H,7-10,13H2,1H3,(H,21,26). The monoisotopic (exact) mass is 379 g/mol. The molecule has 8 heteroatoms. The van der Waals surface area contributed by atoms with Crippen LogP contribution in [0.15, 0.2) is 47.0 Å². The van der Waals surface area contributed by atoms with E-state index in [1.165, 1.54) is 0 Å². The van der Waals surface area contributed by atoms with E-state index in [9.17, 15) is 4.79 Å². The smallest absolute Gasteiger partial charge is 0.273 e. The lowest BCUT2D eigenvalue weighted by atomic mass is 10.1. The van der Waals surface area contributed by atoms with E-state index in [-0.39, 0.29) is 18.1 Å². The molecule has 8 nitrogen and oxygen atoms in total. The molecule has 0 spiro atoms. The zero-order valence-corrected chi connectivity index (χ0v) is 15.6. The molecule has 1 saturated heterocycles. The number of hydrogen-bond donors (Lipinski definition) is 1. The van der Waals surface area contributed by atoms with Gasteiger partial charge in [-0.25, -0.2) is 9.97 Å². The molecule has 0 aliphatic carbocycles. The van der Waals surface area contributed by atoms with E-state index >= 15 is 0 Å². The number of nitrogens with one attached hydrogen (secondary N) is 1. The molecule has 3 aromatic rings. The van der Waals surface area contributed by atoms with Crippen LogP contribution in [0.2, 0.25) is 0 Å². The van der Waals surface area contributed by atoms with Gasteiger partial charge in [-0.3, -0.25) is 4.79 Å². The van der Waals surface area contributed by atoms with E-state index < -0.39 is 0 Å². The number of rotatable bonds is 5. The fourth-order valence-corrected chi connectivity index (χ4v) is 3.02. The Balaban J connectivity index is 1.42. The predicted molar refractivity (Wildman–Crippen MR) is 103 cm³/mol. The molecule has 1 aliphatic heterocycles. The van der Waals surface area contributed by atoms with Gasteiger partial charge in [-0.1, -0.05) is 35.5 Å². The number of ether oxygens (including phenoxy) is 1. The average molecular weight is 379 g/mol. The van der Waals surface area contributed by atoms with Crippen molar-refractivity contribution in [2.75, 3.05) is 31.2 Å². The third kappa shape index (κ3) is 4.17. The number of anilines is 1. The molecule has 0 radical (unpaired) electrons. The topological polar surface area (TPSA) is 93.4 Å². The maximum atomic E-state index is 12.4. The lowest BCUT2D eigenvalue weighted by molar-refractivity contribution is 0.0941. The zero-order chi connectivity index (χ0) is 19.3. The lowest BCUT2D eigenvalue weighted by Gasteiger charge is -2.28. The molecule has 1 aromatic carbocycles. The van der Waals surface area contributed by atoms with Crippen molar-refractivity contribution in [2.24, 2.45) is 0 Å². The van der Waals surface area contributed by atoms with Crippen LogP contribution in [-0.4, -0.2) is 47.3 Å². The average Bonchev–Trinajstić information content (AvgIpc) is 3.23. The highest BCUT2D eigenvalue weighted by atomic mass is 16.5. The molecule has 1 amide bonds. The summed E-state index contributed by atoms with van der Waals surface area (Å²) in [7, 11) is 0. The second-order valence-corrected chi connectivity index (χ2v) is 6.51. The predicted octanol–water partition coefficient (Wildman–Crippen LogP) is 2.21. The first-order valence-electron chi connectivity index (χ1n) is 9.16. The maximum Gasteiger partial charge on any atom is 0.273 e. The number of hydrogen-bond acceptors (Lipinski definition) is 7. The number of aryl methyl sites for hydroxylation is 1. The third-order valence-corrected chi connectivity index (χ3v) is 4.43. The van der Waals surface area contributed by atoms with Crippen molar-refractivity contribution in [1.29, 1.82) is 0 Å². The number of morpholine rings is 1. The summed E-state index contributed by atoms with van der Waals surface area (Å²) < 4.78 is 10.7. The molecular formula is C20H21N5O3. The second-order valence-electron chi connectivity index (χ2n) is 6.51. The Morgan fingerprint density at radius 1 is 1.14 bits per heavy atom. The second kappa shape index (κ2) is 8.18. The van der Waals surface area contributed by atoms with Gasteiger partial charge < -0.3 is 19.5 Å². The van der Waals surface area contributed by atoms with Crippen LogP contribution in [0.3, 0.4) is 0 Å². The Morgan fingerprint density at radius 2 is 1.93 bits per heavy atom. The first kappa shape index (κ1) is 18.1. The Bertz CT molecular complexity index is 951. The van der Waals surface area contributed by atoms with Crippen LogP contribution < -0.4 is 10.2 Å². The van der Waals surface area contributed by atoms with Gasteiger partial charge in [0.25, 0.3) is 5.91 Å². The van der Waals surface area contributed by atoms with Gasteiger partial charge in [0, 0.05) is 36.5 Å². The van der Waals surface area contributed by atoms with E-state index in [0.717, 1.165) is 30.2 Å². The van der Waals surface area contributed by atoms with Gasteiger partial charge in [0.2, 0.25) is 0 Å². The first-order valence-corrected chi connectivity index (χ1v) is 9.16. The summed E-state index contributed by atoms with van der Waals surface area (Å²) in [6, 6.07) is 13.1. The maximum absolute atomic E-state index is 12.4. The minimum atomic E-state index is -0.330. The Hall–Kier alpha value is -3.26. The molecule has 1 fully saturated rings. The third-order valence-electron chi connectivity index (χ3n) is 4.43. The molecule has 0 saturated carbocycles. The molecule has 28 heavy (non-hydrogen) atoms. The van der Waals surface area contributed by atoms with Crippen LogP contribution in [0.25, 0.3) is 11.3 Å². The van der Waals surface area contributed by atoms with Gasteiger partial charge in [0.05, 0.1) is 19.8 Å². The fraction of sp³-hybridized carbons (Fsp3) is 0.300. The highest BCUT2D eigenvalue weighted by Gasteiger charge is 2.16. The largest absolute Gasteiger partial charge is 0.378 e. The first-order chi connectivity index (χ1) is 13.7. The molecule has 4 rings (SSSR count). The highest BCUT2D eigenvalue weighted by molar-refractivity contribution is 5.92. The highest BCUT2D eigenvalue weighted by Crippen LogP contribution is 2.19. The summed E-state index contributed by atoms with van der Waals surface area (Å²) >= 11 is 0. The van der Waals surface area contributed by atoms with Gasteiger partial charge in [-0.05, 0) is 6.92 Å². The summed E-state index contributed by atoms with van der Waals surface area (Å²) in [5, 5.41) is 6.67. The molecule has 1 aliphatic rings. The van der Waals surface area contributed by atoms with E-state index in [2.05, 4.69) is 25.3 Å². The zero-order valence-electron chi connectivity index (χ0n) is 15.6. The summed E-state index contributed by atoms with van der Waals surface area (Å²) in [5.41, 5.74) is 1.94. The van der Waals surface area contributed by atoms with Crippen LogP contribution in [0.1, 0.15) is 22.0 Å². The number of carbonyl (C=O) groups is 1. The molecule has 2 aromatic heterocycles. The van der Waals surface area contributed by atoms with Gasteiger partial charge in [-0.2, -0.15) is 0 Å². The molecule has 1 N–H and O–H groups in total. The molecule has 0 unspecified atom stereocenters. The SMILES string of the molecule is Cc1cc(N2CCOCC2)nc(CNC(=O)c2cc(-c3ccccc3)on2)n1. The van der Waals surface area contributed by atoms with Crippen LogP contribution >= 0.6 is 0 Å². The fourth-order valence-electron chi connectivity index (χ4n) is 3.02. The number of nitrogens with zero attached hydrogens (tertiary/aromatic N) is 4. The molecule has 0 bridgehead atoms. The van der Waals surface area contributed by atoms with Crippen LogP contribution in [0.5, 0.6) is 0 Å². The van der Waals surface area contributed by atoms with Crippen molar-refractivity contribution in [3.8, 4) is 11.3 Å². The van der Waals surface area contributed by atoms with Crippen molar-refractivity contribution >= 4 is 11.7 Å². The summed E-state index contributed by atoms with van der Waals surface area (Å²) in [6.07, 6.45) is 0. The number of amides is 1. The van der Waals surface area contributed by atoms with E-state index in [1.807, 2.05) is 43.3 Å². The quantitative estimate of drug-likeness (QED) is 0.726. The van der Waals surface area contributed by atoms with Crippen molar-refractivity contribution < 1.29 is 14.1 Å². The van der Waals surface area contributed by atoms with Gasteiger partial charge in [0.15, 0.2) is 11.5 Å². The summed E-state index contributed by atoms with van der Waals surface area (Å²) in [4.78, 5) is 23.6. The van der Waals surface area contributed by atoms with Crippen LogP contribution in [0, 0.1) is 6.92 Å². The Labute approximate surface area is 162 Å². The van der Waals surface area contributed by atoms with Gasteiger partial charge in [0.1, 0.15) is 11.6 Å². The number of benzene rings is 1. The molecule has 144 valence electrons. The summed E-state index contributed by atoms with van der Waals surface area (Å²) in [5.74, 6) is 1.63. The van der Waals surface area contributed by atoms with Crippen molar-refractivity contribution in [2.45, 2.75) is 13.5 Å². The Morgan fingerprint density at radius 3 is 2.71 bits per heavy atom. The molecule has 0 atom stereocenters. The van der Waals surface area contributed by atoms with Crippen molar-refractivity contribution in [3.63, 3.8) is 0 Å². The van der Waals surface area contributed by atoms with Crippen molar-refractivity contribution in [3.05, 3.63) is 59.7 Å². The normalized spacial score (nSPS) is 14.1. The minimum absolute atomic E-state index is 0.214. The number of carbonyl (C=O) groups excluding carboxylic acids is 1. The minimum Gasteiger partial charge on any atom is -0.378 e. The van der Waals surface area contributed by atoms with E-state index in [1.54, 1.807) is 6.07 Å². The van der Waals surface area contributed by atoms with E-state index in [4.69, 9.17) is 9.26 Å². The van der Waals surface area contributed by atoms with Gasteiger partial charge in [-0.15, -0.1) is 0 Å². The van der Waals surface area contributed by atoms with Crippen molar-refractivity contribution in [1.82, 2.24) is 20.4 Å². The van der Waals surface area contributed by atoms with Gasteiger partial charge >= 0.3 is 0 Å². The van der Waals surface area contributed by atoms with Crippen LogP contribution in [0.4, 0.5) is 5.82 Å². The van der Waals surface area contributed by atoms with E-state index in [0.29, 0.717) is 24.8 Å². The molecular weight excluding hydrogens is 358 g/mol. The lowest BCUT2D eigenvalue weighted by Crippen LogP contribution is -2.37. The van der Waals surface area contributed by atoms with Crippen LogP contribution in [-0.2, 0) is 11.3 Å².